The van der Waals surface area contributed by atoms with Crippen LogP contribution in [0.25, 0.3) is 16.2 Å². The highest BCUT2D eigenvalue weighted by atomic mass is 32.1. The Labute approximate surface area is 127 Å². The normalized spacial score (nSPS) is 11.0. The van der Waals surface area contributed by atoms with Gasteiger partial charge in [0.05, 0.1) is 19.2 Å². The predicted molar refractivity (Wildman–Crippen MR) is 83.6 cm³/mol. The van der Waals surface area contributed by atoms with Crippen molar-refractivity contribution in [3.8, 4) is 11.3 Å². The summed E-state index contributed by atoms with van der Waals surface area (Å²) in [4.78, 5) is 16.9. The van der Waals surface area contributed by atoms with Gasteiger partial charge in [-0.2, -0.15) is 0 Å². The molecule has 2 aromatic heterocycles. The molecule has 2 heterocycles. The predicted octanol–water partition coefficient (Wildman–Crippen LogP) is 3.48. The van der Waals surface area contributed by atoms with Gasteiger partial charge in [-0.3, -0.25) is 9.20 Å². The Kier molecular flexibility index (Phi) is 3.75. The van der Waals surface area contributed by atoms with Crippen LogP contribution >= 0.6 is 11.3 Å². The number of carbonyl (C=O) groups excluding carboxylic acids is 1. The van der Waals surface area contributed by atoms with Gasteiger partial charge in [0.2, 0.25) is 0 Å². The lowest BCUT2D eigenvalue weighted by atomic mass is 10.1. The number of nitrogens with zero attached hydrogens (tertiary/aromatic N) is 2. The SMILES string of the molecule is COC(=O)CCc1csc2nc(-c3ccccc3C)cn12. The third-order valence-corrected chi connectivity index (χ3v) is 4.41. The summed E-state index contributed by atoms with van der Waals surface area (Å²) in [6.45, 7) is 2.08. The van der Waals surface area contributed by atoms with Gasteiger partial charge < -0.3 is 4.74 Å². The number of imidazole rings is 1. The molecule has 0 spiro atoms. The second kappa shape index (κ2) is 5.69. The van der Waals surface area contributed by atoms with Crippen molar-refractivity contribution in [3.05, 3.63) is 47.1 Å². The average molecular weight is 300 g/mol. The molecule has 21 heavy (non-hydrogen) atoms. The lowest BCUT2D eigenvalue weighted by Crippen LogP contribution is -2.02. The number of aryl methyl sites for hydroxylation is 2. The summed E-state index contributed by atoms with van der Waals surface area (Å²) >= 11 is 1.59. The highest BCUT2D eigenvalue weighted by Crippen LogP contribution is 2.26. The van der Waals surface area contributed by atoms with Crippen LogP contribution in [0.4, 0.5) is 0 Å². The number of carbonyl (C=O) groups is 1. The Hall–Kier alpha value is -2.14. The van der Waals surface area contributed by atoms with Crippen molar-refractivity contribution in [2.24, 2.45) is 0 Å². The van der Waals surface area contributed by atoms with Crippen LogP contribution in [0, 0.1) is 6.92 Å². The number of esters is 1. The van der Waals surface area contributed by atoms with Crippen molar-refractivity contribution in [3.63, 3.8) is 0 Å². The van der Waals surface area contributed by atoms with Crippen molar-refractivity contribution in [1.29, 1.82) is 0 Å². The molecule has 3 rings (SSSR count). The summed E-state index contributed by atoms with van der Waals surface area (Å²) < 4.78 is 6.76. The Morgan fingerprint density at radius 1 is 1.38 bits per heavy atom. The van der Waals surface area contributed by atoms with Gasteiger partial charge in [0, 0.05) is 22.8 Å². The molecule has 0 aliphatic carbocycles. The molecule has 0 aliphatic rings. The van der Waals surface area contributed by atoms with E-state index in [0.29, 0.717) is 12.8 Å². The maximum absolute atomic E-state index is 11.3. The van der Waals surface area contributed by atoms with E-state index in [9.17, 15) is 4.79 Å². The first-order valence-corrected chi connectivity index (χ1v) is 7.65. The number of thiazole rings is 1. The van der Waals surface area contributed by atoms with E-state index in [4.69, 9.17) is 4.74 Å². The van der Waals surface area contributed by atoms with Crippen LogP contribution in [0.2, 0.25) is 0 Å². The molecule has 1 aromatic carbocycles. The first kappa shape index (κ1) is 13.8. The fourth-order valence-electron chi connectivity index (χ4n) is 2.33. The van der Waals surface area contributed by atoms with Crippen LogP contribution in [0.5, 0.6) is 0 Å². The molecular formula is C16H16N2O2S. The molecule has 0 bridgehead atoms. The molecule has 0 saturated carbocycles. The van der Waals surface area contributed by atoms with Crippen LogP contribution in [0.3, 0.4) is 0 Å². The van der Waals surface area contributed by atoms with E-state index in [1.54, 1.807) is 11.3 Å². The summed E-state index contributed by atoms with van der Waals surface area (Å²) in [7, 11) is 1.42. The standard InChI is InChI=1S/C16H16N2O2S/c1-11-5-3-4-6-13(11)14-9-18-12(7-8-15(19)20-2)10-21-16(18)17-14/h3-6,9-10H,7-8H2,1-2H3. The molecule has 0 aliphatic heterocycles. The van der Waals surface area contributed by atoms with Gasteiger partial charge in [0.15, 0.2) is 4.96 Å². The van der Waals surface area contributed by atoms with Gasteiger partial charge in [0.25, 0.3) is 0 Å². The first-order valence-electron chi connectivity index (χ1n) is 6.77. The summed E-state index contributed by atoms with van der Waals surface area (Å²) in [5, 5.41) is 2.05. The third-order valence-electron chi connectivity index (χ3n) is 3.52. The minimum atomic E-state index is -0.186. The summed E-state index contributed by atoms with van der Waals surface area (Å²) in [5.74, 6) is -0.186. The number of methoxy groups -OCH3 is 1. The smallest absolute Gasteiger partial charge is 0.305 e. The molecule has 108 valence electrons. The number of ether oxygens (including phenoxy) is 1. The number of fused-ring (bicyclic) bond motifs is 1. The molecule has 0 atom stereocenters. The molecule has 3 aromatic rings. The zero-order chi connectivity index (χ0) is 14.8. The Bertz CT molecular complexity index is 789. The van der Waals surface area contributed by atoms with E-state index in [-0.39, 0.29) is 5.97 Å². The van der Waals surface area contributed by atoms with Crippen LogP contribution in [-0.4, -0.2) is 22.5 Å². The monoisotopic (exact) mass is 300 g/mol. The maximum atomic E-state index is 11.3. The van der Waals surface area contributed by atoms with Crippen molar-refractivity contribution in [2.45, 2.75) is 19.8 Å². The van der Waals surface area contributed by atoms with E-state index in [0.717, 1.165) is 21.9 Å². The number of hydrogen-bond donors (Lipinski definition) is 0. The van der Waals surface area contributed by atoms with E-state index >= 15 is 0 Å². The molecular weight excluding hydrogens is 284 g/mol. The number of aromatic nitrogens is 2. The summed E-state index contributed by atoms with van der Waals surface area (Å²) in [6, 6.07) is 8.21. The first-order chi connectivity index (χ1) is 10.2. The fourth-order valence-corrected chi connectivity index (χ4v) is 3.24. The van der Waals surface area contributed by atoms with Crippen LogP contribution < -0.4 is 0 Å². The van der Waals surface area contributed by atoms with E-state index in [1.165, 1.54) is 12.7 Å². The lowest BCUT2D eigenvalue weighted by molar-refractivity contribution is -0.140. The zero-order valence-electron chi connectivity index (χ0n) is 12.0. The number of rotatable bonds is 4. The topological polar surface area (TPSA) is 43.6 Å². The van der Waals surface area contributed by atoms with Crippen molar-refractivity contribution >= 4 is 22.3 Å². The largest absolute Gasteiger partial charge is 0.469 e. The highest BCUT2D eigenvalue weighted by Gasteiger charge is 2.12. The van der Waals surface area contributed by atoms with Gasteiger partial charge in [-0.1, -0.05) is 24.3 Å². The molecule has 0 unspecified atom stereocenters. The van der Waals surface area contributed by atoms with Crippen LogP contribution in [0.15, 0.2) is 35.8 Å². The summed E-state index contributed by atoms with van der Waals surface area (Å²) in [6.07, 6.45) is 3.09. The average Bonchev–Trinajstić information content (AvgIpc) is 3.06. The molecule has 0 amide bonds. The van der Waals surface area contributed by atoms with Crippen molar-refractivity contribution in [1.82, 2.24) is 9.38 Å². The molecule has 0 N–H and O–H groups in total. The van der Waals surface area contributed by atoms with Crippen LogP contribution in [0.1, 0.15) is 17.7 Å². The maximum Gasteiger partial charge on any atom is 0.305 e. The minimum Gasteiger partial charge on any atom is -0.469 e. The van der Waals surface area contributed by atoms with Gasteiger partial charge in [-0.25, -0.2) is 4.98 Å². The molecule has 0 saturated heterocycles. The Balaban J connectivity index is 1.93. The van der Waals surface area contributed by atoms with Crippen molar-refractivity contribution < 1.29 is 9.53 Å². The van der Waals surface area contributed by atoms with Gasteiger partial charge in [0.1, 0.15) is 0 Å². The quantitative estimate of drug-likeness (QED) is 0.693. The molecule has 0 fully saturated rings. The van der Waals surface area contributed by atoms with Gasteiger partial charge in [-0.05, 0) is 18.9 Å². The van der Waals surface area contributed by atoms with E-state index in [1.807, 2.05) is 23.7 Å². The molecule has 0 radical (unpaired) electrons. The van der Waals surface area contributed by atoms with E-state index in [2.05, 4.69) is 28.4 Å². The second-order valence-electron chi connectivity index (χ2n) is 4.90. The fraction of sp³-hybridized carbons (Fsp3) is 0.250. The number of benzene rings is 1. The summed E-state index contributed by atoms with van der Waals surface area (Å²) in [5.41, 5.74) is 4.42. The lowest BCUT2D eigenvalue weighted by Gasteiger charge is -2.01. The van der Waals surface area contributed by atoms with Gasteiger partial charge >= 0.3 is 5.97 Å². The highest BCUT2D eigenvalue weighted by molar-refractivity contribution is 7.15. The van der Waals surface area contributed by atoms with E-state index < -0.39 is 0 Å². The molecule has 5 heteroatoms. The molecule has 4 nitrogen and oxygen atoms in total. The van der Waals surface area contributed by atoms with Crippen LogP contribution in [-0.2, 0) is 16.0 Å². The zero-order valence-corrected chi connectivity index (χ0v) is 12.8. The second-order valence-corrected chi connectivity index (χ2v) is 5.73. The third kappa shape index (κ3) is 2.69. The van der Waals surface area contributed by atoms with Gasteiger partial charge in [-0.15, -0.1) is 11.3 Å². The van der Waals surface area contributed by atoms with Crippen molar-refractivity contribution in [2.75, 3.05) is 7.11 Å². The number of hydrogen-bond acceptors (Lipinski definition) is 4. The minimum absolute atomic E-state index is 0.186. The Morgan fingerprint density at radius 3 is 2.95 bits per heavy atom. The Morgan fingerprint density at radius 2 is 2.19 bits per heavy atom.